The lowest BCUT2D eigenvalue weighted by Crippen LogP contribution is -1.94. The summed E-state index contributed by atoms with van der Waals surface area (Å²) in [6.07, 6.45) is 0.270. The molecule has 0 spiro atoms. The number of hydrogen-bond donors (Lipinski definition) is 1. The molecule has 0 fully saturated rings. The Morgan fingerprint density at radius 1 is 1.19 bits per heavy atom. The van der Waals surface area contributed by atoms with Crippen LogP contribution in [0.25, 0.3) is 11.5 Å². The van der Waals surface area contributed by atoms with Gasteiger partial charge in [-0.3, -0.25) is 0 Å². The highest BCUT2D eigenvalue weighted by Crippen LogP contribution is 2.27. The van der Waals surface area contributed by atoms with Crippen molar-refractivity contribution < 1.29 is 8.91 Å². The van der Waals surface area contributed by atoms with Gasteiger partial charge in [0.25, 0.3) is 5.89 Å². The maximum Gasteiger partial charge on any atom is 0.260 e. The summed E-state index contributed by atoms with van der Waals surface area (Å²) in [6.45, 7) is 0. The number of aromatic nitrogens is 2. The fourth-order valence-corrected chi connectivity index (χ4v) is 2.35. The number of nitrogen functional groups attached to an aromatic ring is 1. The van der Waals surface area contributed by atoms with Crippen molar-refractivity contribution in [3.05, 3.63) is 64.1 Å². The highest BCUT2D eigenvalue weighted by molar-refractivity contribution is 9.10. The molecule has 2 aromatic carbocycles. The first kappa shape index (κ1) is 13.8. The van der Waals surface area contributed by atoms with Crippen LogP contribution >= 0.6 is 15.9 Å². The molecule has 0 saturated carbocycles. The van der Waals surface area contributed by atoms with E-state index in [2.05, 4.69) is 26.1 Å². The van der Waals surface area contributed by atoms with E-state index in [0.717, 1.165) is 4.47 Å². The normalized spacial score (nSPS) is 10.8. The van der Waals surface area contributed by atoms with Crippen LogP contribution in [0.1, 0.15) is 11.4 Å². The standard InChI is InChI=1S/C15H11BrFN3O/c16-10-5-6-11(13(18)8-10)15-19-14(20-21-15)7-9-3-1-2-4-12(9)17/h1-6,8H,7,18H2. The largest absolute Gasteiger partial charge is 0.398 e. The zero-order valence-corrected chi connectivity index (χ0v) is 12.5. The summed E-state index contributed by atoms with van der Waals surface area (Å²) in [6, 6.07) is 11.9. The van der Waals surface area contributed by atoms with Gasteiger partial charge in [-0.1, -0.05) is 39.3 Å². The number of nitrogens with two attached hydrogens (primary N) is 1. The van der Waals surface area contributed by atoms with E-state index in [1.807, 2.05) is 6.07 Å². The molecule has 106 valence electrons. The molecule has 21 heavy (non-hydrogen) atoms. The molecular formula is C15H11BrFN3O. The van der Waals surface area contributed by atoms with Crippen LogP contribution in [0.15, 0.2) is 51.5 Å². The number of hydrogen-bond acceptors (Lipinski definition) is 4. The van der Waals surface area contributed by atoms with Crippen LogP contribution in [0.2, 0.25) is 0 Å². The highest BCUT2D eigenvalue weighted by atomic mass is 79.9. The average Bonchev–Trinajstić information content (AvgIpc) is 2.90. The van der Waals surface area contributed by atoms with Crippen LogP contribution in [0.3, 0.4) is 0 Å². The van der Waals surface area contributed by atoms with Crippen LogP contribution < -0.4 is 5.73 Å². The molecule has 0 unspecified atom stereocenters. The Bertz CT molecular complexity index is 788. The van der Waals surface area contributed by atoms with E-state index in [1.54, 1.807) is 30.3 Å². The lowest BCUT2D eigenvalue weighted by molar-refractivity contribution is 0.423. The van der Waals surface area contributed by atoms with Crippen molar-refractivity contribution in [3.63, 3.8) is 0 Å². The molecule has 1 aromatic heterocycles. The Morgan fingerprint density at radius 2 is 2.00 bits per heavy atom. The Hall–Kier alpha value is -2.21. The van der Waals surface area contributed by atoms with Crippen molar-refractivity contribution in [2.24, 2.45) is 0 Å². The smallest absolute Gasteiger partial charge is 0.260 e. The number of benzene rings is 2. The van der Waals surface area contributed by atoms with Crippen LogP contribution in [-0.2, 0) is 6.42 Å². The Kier molecular flexibility index (Phi) is 3.70. The van der Waals surface area contributed by atoms with E-state index >= 15 is 0 Å². The van der Waals surface area contributed by atoms with Gasteiger partial charge in [-0.05, 0) is 29.8 Å². The fraction of sp³-hybridized carbons (Fsp3) is 0.0667. The fourth-order valence-electron chi connectivity index (χ4n) is 1.98. The molecule has 3 rings (SSSR count). The van der Waals surface area contributed by atoms with Gasteiger partial charge in [0.1, 0.15) is 5.82 Å². The van der Waals surface area contributed by atoms with E-state index < -0.39 is 0 Å². The third-order valence-electron chi connectivity index (χ3n) is 3.02. The van der Waals surface area contributed by atoms with Gasteiger partial charge >= 0.3 is 0 Å². The van der Waals surface area contributed by atoms with Crippen molar-refractivity contribution in [2.75, 3.05) is 5.73 Å². The van der Waals surface area contributed by atoms with Crippen molar-refractivity contribution in [2.45, 2.75) is 6.42 Å². The number of nitrogens with zero attached hydrogens (tertiary/aromatic N) is 2. The molecule has 6 heteroatoms. The zero-order chi connectivity index (χ0) is 14.8. The van der Waals surface area contributed by atoms with Crippen molar-refractivity contribution in [3.8, 4) is 11.5 Å². The van der Waals surface area contributed by atoms with Gasteiger partial charge in [0.15, 0.2) is 5.82 Å². The number of anilines is 1. The van der Waals surface area contributed by atoms with Gasteiger partial charge in [0.05, 0.1) is 5.56 Å². The van der Waals surface area contributed by atoms with Gasteiger partial charge < -0.3 is 10.3 Å². The summed E-state index contributed by atoms with van der Waals surface area (Å²) >= 11 is 3.34. The lowest BCUT2D eigenvalue weighted by Gasteiger charge is -2.00. The minimum atomic E-state index is -0.285. The average molecular weight is 348 g/mol. The molecule has 0 aliphatic rings. The molecule has 0 radical (unpaired) electrons. The van der Waals surface area contributed by atoms with Crippen molar-refractivity contribution >= 4 is 21.6 Å². The predicted molar refractivity (Wildman–Crippen MR) is 81.1 cm³/mol. The van der Waals surface area contributed by atoms with Gasteiger partial charge in [0, 0.05) is 16.6 Å². The van der Waals surface area contributed by atoms with E-state index in [1.165, 1.54) is 6.07 Å². The second kappa shape index (κ2) is 5.65. The van der Waals surface area contributed by atoms with Crippen LogP contribution in [-0.4, -0.2) is 10.1 Å². The molecule has 4 nitrogen and oxygen atoms in total. The molecule has 0 saturated heterocycles. The van der Waals surface area contributed by atoms with Gasteiger partial charge in [-0.25, -0.2) is 4.39 Å². The predicted octanol–water partition coefficient (Wildman–Crippen LogP) is 3.81. The second-order valence-electron chi connectivity index (χ2n) is 4.52. The van der Waals surface area contributed by atoms with Gasteiger partial charge in [-0.2, -0.15) is 4.98 Å². The van der Waals surface area contributed by atoms with Gasteiger partial charge in [-0.15, -0.1) is 0 Å². The summed E-state index contributed by atoms with van der Waals surface area (Å²) in [4.78, 5) is 4.27. The molecule has 0 bridgehead atoms. The first-order chi connectivity index (χ1) is 10.1. The quantitative estimate of drug-likeness (QED) is 0.731. The summed E-state index contributed by atoms with van der Waals surface area (Å²) in [5, 5.41) is 3.87. The second-order valence-corrected chi connectivity index (χ2v) is 5.43. The highest BCUT2D eigenvalue weighted by Gasteiger charge is 2.13. The molecular weight excluding hydrogens is 337 g/mol. The minimum absolute atomic E-state index is 0.270. The maximum atomic E-state index is 13.6. The number of halogens is 2. The first-order valence-corrected chi connectivity index (χ1v) is 7.04. The molecule has 0 atom stereocenters. The van der Waals surface area contributed by atoms with E-state index in [4.69, 9.17) is 10.3 Å². The van der Waals surface area contributed by atoms with Gasteiger partial charge in [0.2, 0.25) is 0 Å². The van der Waals surface area contributed by atoms with Crippen LogP contribution in [0, 0.1) is 5.82 Å². The van der Waals surface area contributed by atoms with E-state index in [0.29, 0.717) is 28.5 Å². The minimum Gasteiger partial charge on any atom is -0.398 e. The first-order valence-electron chi connectivity index (χ1n) is 6.25. The third kappa shape index (κ3) is 2.95. The monoisotopic (exact) mass is 347 g/mol. The third-order valence-corrected chi connectivity index (χ3v) is 3.51. The Morgan fingerprint density at radius 3 is 2.76 bits per heavy atom. The molecule has 1 heterocycles. The zero-order valence-electron chi connectivity index (χ0n) is 10.9. The number of rotatable bonds is 3. The molecule has 0 aliphatic heterocycles. The van der Waals surface area contributed by atoms with Crippen LogP contribution in [0.4, 0.5) is 10.1 Å². The topological polar surface area (TPSA) is 64.9 Å². The lowest BCUT2D eigenvalue weighted by atomic mass is 10.1. The van der Waals surface area contributed by atoms with E-state index in [9.17, 15) is 4.39 Å². The van der Waals surface area contributed by atoms with E-state index in [-0.39, 0.29) is 12.2 Å². The SMILES string of the molecule is Nc1cc(Br)ccc1-c1nc(Cc2ccccc2F)no1. The summed E-state index contributed by atoms with van der Waals surface area (Å²) in [5.41, 5.74) is 7.63. The summed E-state index contributed by atoms with van der Waals surface area (Å²) in [5.74, 6) is 0.454. The molecule has 0 amide bonds. The summed E-state index contributed by atoms with van der Waals surface area (Å²) < 4.78 is 19.7. The molecule has 0 aliphatic carbocycles. The Labute approximate surface area is 128 Å². The van der Waals surface area contributed by atoms with Crippen molar-refractivity contribution in [1.29, 1.82) is 0 Å². The Balaban J connectivity index is 1.88. The summed E-state index contributed by atoms with van der Waals surface area (Å²) in [7, 11) is 0. The van der Waals surface area contributed by atoms with Crippen molar-refractivity contribution in [1.82, 2.24) is 10.1 Å². The maximum absolute atomic E-state index is 13.6. The molecule has 2 N–H and O–H groups in total. The molecule has 3 aromatic rings. The van der Waals surface area contributed by atoms with Crippen LogP contribution in [0.5, 0.6) is 0 Å².